The van der Waals surface area contributed by atoms with Crippen LogP contribution < -0.4 is 5.73 Å². The summed E-state index contributed by atoms with van der Waals surface area (Å²) in [7, 11) is 0. The first-order valence-electron chi connectivity index (χ1n) is 7.44. The third-order valence-corrected chi connectivity index (χ3v) is 4.50. The van der Waals surface area contributed by atoms with Crippen molar-refractivity contribution in [2.75, 3.05) is 19.6 Å². The molecule has 1 atom stereocenters. The van der Waals surface area contributed by atoms with Gasteiger partial charge in [0.15, 0.2) is 0 Å². The molecular weight excluding hydrogens is 284 g/mol. The lowest BCUT2D eigenvalue weighted by atomic mass is 9.85. The van der Waals surface area contributed by atoms with Crippen LogP contribution in [0.5, 0.6) is 0 Å². The van der Waals surface area contributed by atoms with Gasteiger partial charge < -0.3 is 20.8 Å². The summed E-state index contributed by atoms with van der Waals surface area (Å²) in [5.74, 6) is -1.36. The topological polar surface area (TPSA) is 104 Å². The average molecular weight is 306 g/mol. The molecule has 3 aliphatic rings. The summed E-state index contributed by atoms with van der Waals surface area (Å²) in [4.78, 5) is 23.7. The Balaban J connectivity index is 0.000000170. The first-order valence-corrected chi connectivity index (χ1v) is 7.44. The van der Waals surface area contributed by atoms with E-state index in [2.05, 4.69) is 4.90 Å². The van der Waals surface area contributed by atoms with Crippen LogP contribution in [0.2, 0.25) is 0 Å². The molecular formula is C16H22N2O4. The minimum absolute atomic E-state index is 0.0277. The van der Waals surface area contributed by atoms with Gasteiger partial charge in [0.25, 0.3) is 0 Å². The van der Waals surface area contributed by atoms with Crippen molar-refractivity contribution in [3.05, 3.63) is 34.9 Å². The molecule has 3 heterocycles. The second-order valence-electron chi connectivity index (χ2n) is 5.89. The van der Waals surface area contributed by atoms with Gasteiger partial charge in [0.2, 0.25) is 0 Å². The Kier molecular flexibility index (Phi) is 5.15. The van der Waals surface area contributed by atoms with Crippen molar-refractivity contribution in [1.29, 1.82) is 0 Å². The smallest absolute Gasteiger partial charge is 0.335 e. The van der Waals surface area contributed by atoms with E-state index in [0.29, 0.717) is 6.04 Å². The number of nitrogens with two attached hydrogens (primary N) is 1. The Labute approximate surface area is 129 Å². The molecule has 6 nitrogen and oxygen atoms in total. The van der Waals surface area contributed by atoms with Crippen LogP contribution >= 0.6 is 0 Å². The zero-order chi connectivity index (χ0) is 16.3. The van der Waals surface area contributed by atoms with Crippen molar-refractivity contribution in [3.8, 4) is 0 Å². The number of rotatable bonds is 2. The second-order valence-corrected chi connectivity index (χ2v) is 5.89. The lowest BCUT2D eigenvalue weighted by Crippen LogP contribution is -2.54. The van der Waals surface area contributed by atoms with E-state index in [1.807, 2.05) is 0 Å². The van der Waals surface area contributed by atoms with Gasteiger partial charge in [0, 0.05) is 12.6 Å². The van der Waals surface area contributed by atoms with Gasteiger partial charge in [-0.25, -0.2) is 9.59 Å². The summed E-state index contributed by atoms with van der Waals surface area (Å²) in [6, 6.07) is 4.67. The fraction of sp³-hybridized carbons (Fsp3) is 0.500. The SMILES string of the molecule is Cc1c(C(=O)O)cccc1C(=O)O.NC1CN2CCC1CC2. The minimum atomic E-state index is -1.11. The highest BCUT2D eigenvalue weighted by molar-refractivity contribution is 5.96. The molecule has 22 heavy (non-hydrogen) atoms. The number of hydrogen-bond donors (Lipinski definition) is 3. The van der Waals surface area contributed by atoms with Crippen LogP contribution in [-0.2, 0) is 0 Å². The van der Waals surface area contributed by atoms with Gasteiger partial charge in [-0.1, -0.05) is 6.07 Å². The lowest BCUT2D eigenvalue weighted by Gasteiger charge is -2.43. The number of nitrogens with zero attached hydrogens (tertiary/aromatic N) is 1. The number of hydrogen-bond acceptors (Lipinski definition) is 4. The van der Waals surface area contributed by atoms with Gasteiger partial charge in [-0.05, 0) is 56.5 Å². The maximum absolute atomic E-state index is 10.6. The van der Waals surface area contributed by atoms with E-state index in [0.717, 1.165) is 12.5 Å². The molecule has 0 spiro atoms. The number of carboxylic acids is 2. The Bertz CT molecular complexity index is 533. The predicted octanol–water partition coefficient (Wildman–Crippen LogP) is 1.43. The number of carbonyl (C=O) groups is 2. The van der Waals surface area contributed by atoms with Crippen molar-refractivity contribution >= 4 is 11.9 Å². The molecule has 0 aliphatic carbocycles. The largest absolute Gasteiger partial charge is 0.478 e. The van der Waals surface area contributed by atoms with E-state index in [9.17, 15) is 9.59 Å². The number of aromatic carboxylic acids is 2. The van der Waals surface area contributed by atoms with Gasteiger partial charge in [0.1, 0.15) is 0 Å². The third-order valence-electron chi connectivity index (χ3n) is 4.50. The van der Waals surface area contributed by atoms with Gasteiger partial charge in [-0.2, -0.15) is 0 Å². The Morgan fingerprint density at radius 3 is 1.91 bits per heavy atom. The Morgan fingerprint density at radius 1 is 1.14 bits per heavy atom. The van der Waals surface area contributed by atoms with E-state index in [4.69, 9.17) is 15.9 Å². The molecule has 1 unspecified atom stereocenters. The lowest BCUT2D eigenvalue weighted by molar-refractivity contribution is 0.0696. The first-order chi connectivity index (χ1) is 10.4. The molecule has 0 radical (unpaired) electrons. The summed E-state index contributed by atoms with van der Waals surface area (Å²) in [6.45, 7) is 5.24. The van der Waals surface area contributed by atoms with E-state index < -0.39 is 11.9 Å². The highest BCUT2D eigenvalue weighted by Crippen LogP contribution is 2.25. The van der Waals surface area contributed by atoms with Crippen LogP contribution in [0.3, 0.4) is 0 Å². The maximum atomic E-state index is 10.6. The number of benzene rings is 1. The monoisotopic (exact) mass is 306 g/mol. The van der Waals surface area contributed by atoms with Crippen LogP contribution in [0.4, 0.5) is 0 Å². The first kappa shape index (κ1) is 16.5. The molecule has 0 aromatic heterocycles. The highest BCUT2D eigenvalue weighted by Gasteiger charge is 2.31. The number of piperidine rings is 3. The summed E-state index contributed by atoms with van der Waals surface area (Å²) < 4.78 is 0. The molecule has 2 bridgehead atoms. The summed E-state index contributed by atoms with van der Waals surface area (Å²) in [6.07, 6.45) is 2.70. The van der Waals surface area contributed by atoms with Crippen molar-refractivity contribution in [3.63, 3.8) is 0 Å². The van der Waals surface area contributed by atoms with Crippen molar-refractivity contribution < 1.29 is 19.8 Å². The maximum Gasteiger partial charge on any atom is 0.335 e. The summed E-state index contributed by atoms with van der Waals surface area (Å²) in [5, 5.41) is 17.4. The summed E-state index contributed by atoms with van der Waals surface area (Å²) >= 11 is 0. The van der Waals surface area contributed by atoms with Gasteiger partial charge in [0.05, 0.1) is 11.1 Å². The fourth-order valence-electron chi connectivity index (χ4n) is 3.11. The zero-order valence-corrected chi connectivity index (χ0v) is 12.7. The molecule has 3 fully saturated rings. The molecule has 1 aromatic carbocycles. The van der Waals surface area contributed by atoms with Gasteiger partial charge in [-0.15, -0.1) is 0 Å². The average Bonchev–Trinajstić information content (AvgIpc) is 2.48. The van der Waals surface area contributed by atoms with Crippen LogP contribution in [0.15, 0.2) is 18.2 Å². The van der Waals surface area contributed by atoms with E-state index >= 15 is 0 Å². The van der Waals surface area contributed by atoms with Gasteiger partial charge in [-0.3, -0.25) is 0 Å². The van der Waals surface area contributed by atoms with Crippen LogP contribution in [-0.4, -0.2) is 52.7 Å². The molecule has 3 aliphatic heterocycles. The van der Waals surface area contributed by atoms with Crippen molar-refractivity contribution in [2.24, 2.45) is 11.7 Å². The van der Waals surface area contributed by atoms with Crippen molar-refractivity contribution in [1.82, 2.24) is 4.90 Å². The molecule has 120 valence electrons. The van der Waals surface area contributed by atoms with Crippen LogP contribution in [0.25, 0.3) is 0 Å². The molecule has 1 aromatic rings. The van der Waals surface area contributed by atoms with Crippen LogP contribution in [0.1, 0.15) is 39.1 Å². The predicted molar refractivity (Wildman–Crippen MR) is 82.2 cm³/mol. The summed E-state index contributed by atoms with van der Waals surface area (Å²) in [5.41, 5.74) is 6.21. The van der Waals surface area contributed by atoms with E-state index in [-0.39, 0.29) is 16.7 Å². The van der Waals surface area contributed by atoms with E-state index in [1.54, 1.807) is 0 Å². The zero-order valence-electron chi connectivity index (χ0n) is 12.7. The fourth-order valence-corrected chi connectivity index (χ4v) is 3.11. The third kappa shape index (κ3) is 3.64. The van der Waals surface area contributed by atoms with Crippen LogP contribution in [0, 0.1) is 12.8 Å². The number of carboxylic acid groups (broad SMARTS) is 2. The molecule has 4 N–H and O–H groups in total. The number of fused-ring (bicyclic) bond motifs is 3. The molecule has 4 rings (SSSR count). The minimum Gasteiger partial charge on any atom is -0.478 e. The molecule has 0 amide bonds. The Morgan fingerprint density at radius 2 is 1.64 bits per heavy atom. The van der Waals surface area contributed by atoms with E-state index in [1.165, 1.54) is 51.1 Å². The normalized spacial score (nSPS) is 26.0. The highest BCUT2D eigenvalue weighted by atomic mass is 16.4. The Hall–Kier alpha value is -1.92. The molecule has 3 saturated heterocycles. The molecule has 6 heteroatoms. The second kappa shape index (κ2) is 6.89. The quantitative estimate of drug-likeness (QED) is 0.763. The standard InChI is InChI=1S/C9H8O4.C7H14N2/c1-5-6(8(10)11)3-2-4-7(5)9(12)13;8-7-5-9-3-1-6(7)2-4-9/h2-4H,1H3,(H,10,11)(H,12,13);6-7H,1-5,8H2. The van der Waals surface area contributed by atoms with Gasteiger partial charge >= 0.3 is 11.9 Å². The molecule has 0 saturated carbocycles. The van der Waals surface area contributed by atoms with Crippen molar-refractivity contribution in [2.45, 2.75) is 25.8 Å².